The Morgan fingerprint density at radius 3 is 2.52 bits per heavy atom. The lowest BCUT2D eigenvalue weighted by molar-refractivity contribution is 0.868. The summed E-state index contributed by atoms with van der Waals surface area (Å²) in [5.74, 6) is 3.01. The third kappa shape index (κ3) is 3.51. The van der Waals surface area contributed by atoms with E-state index in [0.717, 1.165) is 23.1 Å². The number of aromatic nitrogens is 2. The Kier molecular flexibility index (Phi) is 3.78. The molecule has 0 saturated heterocycles. The van der Waals surface area contributed by atoms with Crippen LogP contribution in [0.5, 0.6) is 0 Å². The maximum atomic E-state index is 4.50. The van der Waals surface area contributed by atoms with Crippen LogP contribution in [-0.4, -0.2) is 16.0 Å². The molecule has 0 radical (unpaired) electrons. The number of benzene rings is 1. The Hall–Kier alpha value is -2.10. The van der Waals surface area contributed by atoms with E-state index in [2.05, 4.69) is 52.6 Å². The number of anilines is 3. The first-order valence-corrected chi connectivity index (χ1v) is 7.60. The second-order valence-electron chi connectivity index (χ2n) is 5.97. The number of rotatable bonds is 5. The molecule has 21 heavy (non-hydrogen) atoms. The van der Waals surface area contributed by atoms with Gasteiger partial charge in [-0.05, 0) is 37.3 Å². The van der Waals surface area contributed by atoms with Gasteiger partial charge in [-0.1, -0.05) is 32.0 Å². The molecular weight excluding hydrogens is 260 g/mol. The molecule has 2 aromatic rings. The fraction of sp³-hybridized carbons (Fsp3) is 0.412. The summed E-state index contributed by atoms with van der Waals surface area (Å²) in [6, 6.07) is 11.0. The van der Waals surface area contributed by atoms with E-state index in [1.807, 2.05) is 19.1 Å². The predicted octanol–water partition coefficient (Wildman–Crippen LogP) is 4.23. The van der Waals surface area contributed by atoms with Crippen LogP contribution in [0.4, 0.5) is 17.3 Å². The first-order valence-electron chi connectivity index (χ1n) is 7.60. The van der Waals surface area contributed by atoms with Gasteiger partial charge in [0.25, 0.3) is 0 Å². The summed E-state index contributed by atoms with van der Waals surface area (Å²) >= 11 is 0. The van der Waals surface area contributed by atoms with Gasteiger partial charge in [0.1, 0.15) is 17.5 Å². The molecule has 1 aliphatic rings. The van der Waals surface area contributed by atoms with Crippen molar-refractivity contribution in [1.29, 1.82) is 0 Å². The van der Waals surface area contributed by atoms with Crippen molar-refractivity contribution in [3.8, 4) is 0 Å². The van der Waals surface area contributed by atoms with Gasteiger partial charge in [0.15, 0.2) is 0 Å². The summed E-state index contributed by atoms with van der Waals surface area (Å²) in [7, 11) is 0. The highest BCUT2D eigenvalue weighted by molar-refractivity contribution is 5.63. The first kappa shape index (κ1) is 13.9. The zero-order chi connectivity index (χ0) is 14.8. The van der Waals surface area contributed by atoms with Crippen LogP contribution in [0.15, 0.2) is 30.3 Å². The molecule has 2 N–H and O–H groups in total. The van der Waals surface area contributed by atoms with Gasteiger partial charge in [0.2, 0.25) is 0 Å². The molecule has 0 aliphatic heterocycles. The Morgan fingerprint density at radius 2 is 1.81 bits per heavy atom. The molecule has 1 heterocycles. The van der Waals surface area contributed by atoms with Gasteiger partial charge in [-0.15, -0.1) is 0 Å². The number of nitrogens with one attached hydrogen (secondary N) is 2. The van der Waals surface area contributed by atoms with Crippen molar-refractivity contribution in [3.63, 3.8) is 0 Å². The second kappa shape index (κ2) is 5.72. The van der Waals surface area contributed by atoms with Crippen molar-refractivity contribution >= 4 is 17.3 Å². The quantitative estimate of drug-likeness (QED) is 0.861. The largest absolute Gasteiger partial charge is 0.367 e. The topological polar surface area (TPSA) is 49.8 Å². The molecule has 4 nitrogen and oxygen atoms in total. The highest BCUT2D eigenvalue weighted by atomic mass is 15.1. The van der Waals surface area contributed by atoms with E-state index in [1.54, 1.807) is 0 Å². The molecule has 110 valence electrons. The van der Waals surface area contributed by atoms with Gasteiger partial charge in [0, 0.05) is 17.8 Å². The fourth-order valence-corrected chi connectivity index (χ4v) is 2.39. The summed E-state index contributed by atoms with van der Waals surface area (Å²) in [4.78, 5) is 8.95. The lowest BCUT2D eigenvalue weighted by Gasteiger charge is -2.15. The summed E-state index contributed by atoms with van der Waals surface area (Å²) in [5.41, 5.74) is 2.41. The summed E-state index contributed by atoms with van der Waals surface area (Å²) in [5, 5.41) is 6.87. The average molecular weight is 282 g/mol. The van der Waals surface area contributed by atoms with Crippen molar-refractivity contribution in [3.05, 3.63) is 41.7 Å². The van der Waals surface area contributed by atoms with E-state index >= 15 is 0 Å². The minimum atomic E-state index is 0.473. The minimum absolute atomic E-state index is 0.473. The SMILES string of the molecule is Cc1nc(Nc2ccccc2C(C)C)cc(NC2CC2)n1. The number of para-hydroxylation sites is 1. The fourth-order valence-electron chi connectivity index (χ4n) is 2.39. The molecule has 0 unspecified atom stereocenters. The smallest absolute Gasteiger partial charge is 0.136 e. The number of aryl methyl sites for hydroxylation is 1. The van der Waals surface area contributed by atoms with Crippen molar-refractivity contribution in [2.75, 3.05) is 10.6 Å². The van der Waals surface area contributed by atoms with Crippen LogP contribution in [0.3, 0.4) is 0 Å². The number of hydrogen-bond donors (Lipinski definition) is 2. The Bertz CT molecular complexity index is 632. The summed E-state index contributed by atoms with van der Waals surface area (Å²) < 4.78 is 0. The lowest BCUT2D eigenvalue weighted by Crippen LogP contribution is -2.07. The van der Waals surface area contributed by atoms with Gasteiger partial charge in [-0.2, -0.15) is 0 Å². The van der Waals surface area contributed by atoms with E-state index in [1.165, 1.54) is 18.4 Å². The average Bonchev–Trinajstić information content (AvgIpc) is 3.22. The molecule has 0 atom stereocenters. The van der Waals surface area contributed by atoms with Gasteiger partial charge in [-0.3, -0.25) is 0 Å². The van der Waals surface area contributed by atoms with Crippen LogP contribution < -0.4 is 10.6 Å². The van der Waals surface area contributed by atoms with Gasteiger partial charge in [-0.25, -0.2) is 9.97 Å². The maximum absolute atomic E-state index is 4.50. The summed E-state index contributed by atoms with van der Waals surface area (Å²) in [6.45, 7) is 6.33. The minimum Gasteiger partial charge on any atom is -0.367 e. The lowest BCUT2D eigenvalue weighted by atomic mass is 10.0. The van der Waals surface area contributed by atoms with Crippen molar-refractivity contribution in [2.24, 2.45) is 0 Å². The van der Waals surface area contributed by atoms with Crippen molar-refractivity contribution in [2.45, 2.75) is 45.6 Å². The van der Waals surface area contributed by atoms with Crippen LogP contribution >= 0.6 is 0 Å². The molecule has 0 bridgehead atoms. The van der Waals surface area contributed by atoms with Crippen molar-refractivity contribution in [1.82, 2.24) is 9.97 Å². The van der Waals surface area contributed by atoms with E-state index in [4.69, 9.17) is 0 Å². The van der Waals surface area contributed by atoms with Gasteiger partial charge < -0.3 is 10.6 Å². The van der Waals surface area contributed by atoms with E-state index in [9.17, 15) is 0 Å². The van der Waals surface area contributed by atoms with E-state index < -0.39 is 0 Å². The van der Waals surface area contributed by atoms with E-state index in [0.29, 0.717) is 12.0 Å². The highest BCUT2D eigenvalue weighted by Gasteiger charge is 2.21. The molecule has 1 aliphatic carbocycles. The maximum Gasteiger partial charge on any atom is 0.136 e. The molecule has 1 saturated carbocycles. The van der Waals surface area contributed by atoms with Crippen LogP contribution in [0.1, 0.15) is 44.0 Å². The molecule has 3 rings (SSSR count). The van der Waals surface area contributed by atoms with Crippen LogP contribution in [0, 0.1) is 6.92 Å². The number of hydrogen-bond acceptors (Lipinski definition) is 4. The molecular formula is C17H22N4. The number of nitrogens with zero attached hydrogens (tertiary/aromatic N) is 2. The first-order chi connectivity index (χ1) is 10.1. The third-order valence-electron chi connectivity index (χ3n) is 3.61. The van der Waals surface area contributed by atoms with Crippen LogP contribution in [0.2, 0.25) is 0 Å². The third-order valence-corrected chi connectivity index (χ3v) is 3.61. The van der Waals surface area contributed by atoms with Crippen molar-refractivity contribution < 1.29 is 0 Å². The highest BCUT2D eigenvalue weighted by Crippen LogP contribution is 2.28. The van der Waals surface area contributed by atoms with E-state index in [-0.39, 0.29) is 0 Å². The van der Waals surface area contributed by atoms with Gasteiger partial charge >= 0.3 is 0 Å². The van der Waals surface area contributed by atoms with Crippen LogP contribution in [-0.2, 0) is 0 Å². The molecule has 1 aromatic heterocycles. The Balaban J connectivity index is 1.85. The monoisotopic (exact) mass is 282 g/mol. The van der Waals surface area contributed by atoms with Crippen LogP contribution in [0.25, 0.3) is 0 Å². The predicted molar refractivity (Wildman–Crippen MR) is 87.2 cm³/mol. The zero-order valence-electron chi connectivity index (χ0n) is 12.9. The normalized spacial score (nSPS) is 14.3. The second-order valence-corrected chi connectivity index (χ2v) is 5.97. The zero-order valence-corrected chi connectivity index (χ0v) is 12.9. The standard InChI is InChI=1S/C17H22N4/c1-11(2)14-6-4-5-7-15(14)21-17-10-16(18-12(3)19-17)20-13-8-9-13/h4-7,10-11,13H,8-9H2,1-3H3,(H2,18,19,20,21). The molecule has 1 fully saturated rings. The Morgan fingerprint density at radius 1 is 1.10 bits per heavy atom. The molecule has 4 heteroatoms. The van der Waals surface area contributed by atoms with Gasteiger partial charge in [0.05, 0.1) is 0 Å². The molecule has 1 aromatic carbocycles. The molecule has 0 spiro atoms. The molecule has 0 amide bonds. The summed E-state index contributed by atoms with van der Waals surface area (Å²) in [6.07, 6.45) is 2.48. The Labute approximate surface area is 126 Å².